The predicted octanol–water partition coefficient (Wildman–Crippen LogP) is 2.59. The summed E-state index contributed by atoms with van der Waals surface area (Å²) < 4.78 is 50.0. The fraction of sp³-hybridized carbons (Fsp3) is 0.0476. The first kappa shape index (κ1) is 23.1. The van der Waals surface area contributed by atoms with E-state index in [1.165, 1.54) is 79.7 Å². The summed E-state index contributed by atoms with van der Waals surface area (Å²) >= 11 is 0. The minimum atomic E-state index is -3.87. The lowest BCUT2D eigenvalue weighted by Gasteiger charge is -2.10. The Morgan fingerprint density at radius 1 is 0.688 bits per heavy atom. The molecule has 3 rings (SSSR count). The van der Waals surface area contributed by atoms with E-state index in [1.807, 2.05) is 0 Å². The number of Topliss-reactive ketones (excluding diaryl/α,β-unsaturated/α-hetero) is 1. The minimum absolute atomic E-state index is 0.00717. The van der Waals surface area contributed by atoms with Crippen LogP contribution in [0.4, 0.5) is 11.4 Å². The second-order valence-electron chi connectivity index (χ2n) is 6.79. The smallest absolute Gasteiger partial charge is 0.261 e. The van der Waals surface area contributed by atoms with Crippen LogP contribution in [-0.4, -0.2) is 28.5 Å². The van der Waals surface area contributed by atoms with Gasteiger partial charge in [-0.3, -0.25) is 14.3 Å². The quantitative estimate of drug-likeness (QED) is 0.448. The van der Waals surface area contributed by atoms with Gasteiger partial charge in [-0.15, -0.1) is 0 Å². The molecule has 0 bridgehead atoms. The molecule has 0 heterocycles. The van der Waals surface area contributed by atoms with Gasteiger partial charge in [0.05, 0.1) is 9.79 Å². The van der Waals surface area contributed by atoms with Crippen LogP contribution >= 0.6 is 0 Å². The van der Waals surface area contributed by atoms with Gasteiger partial charge in [-0.2, -0.15) is 0 Å². The molecule has 0 saturated carbocycles. The highest BCUT2D eigenvalue weighted by atomic mass is 32.2. The Balaban J connectivity index is 1.68. The molecule has 0 spiro atoms. The lowest BCUT2D eigenvalue weighted by Crippen LogP contribution is -2.15. The van der Waals surface area contributed by atoms with E-state index in [2.05, 4.69) is 10.0 Å². The van der Waals surface area contributed by atoms with Crippen molar-refractivity contribution in [2.24, 2.45) is 5.14 Å². The van der Waals surface area contributed by atoms with Crippen LogP contribution in [0.15, 0.2) is 82.6 Å². The second-order valence-corrected chi connectivity index (χ2v) is 10.0. The van der Waals surface area contributed by atoms with E-state index >= 15 is 0 Å². The lowest BCUT2D eigenvalue weighted by atomic mass is 10.2. The molecule has 0 aliphatic rings. The summed E-state index contributed by atoms with van der Waals surface area (Å²) in [5, 5.41) is 7.64. The number of anilines is 2. The van der Waals surface area contributed by atoms with Crippen LogP contribution < -0.4 is 15.2 Å². The Bertz CT molecular complexity index is 1360. The number of carbonyl (C=O) groups is 2. The van der Waals surface area contributed by atoms with E-state index in [4.69, 9.17) is 5.14 Å². The zero-order chi connectivity index (χ0) is 23.5. The largest absolute Gasteiger partial charge is 0.322 e. The summed E-state index contributed by atoms with van der Waals surface area (Å²) in [5.41, 5.74) is 1.27. The molecular formula is C21H19N3O6S2. The van der Waals surface area contributed by atoms with E-state index < -0.39 is 26.0 Å². The number of benzene rings is 3. The second kappa shape index (κ2) is 8.91. The van der Waals surface area contributed by atoms with Gasteiger partial charge in [0.1, 0.15) is 0 Å². The third-order valence-corrected chi connectivity index (χ3v) is 6.74. The average Bonchev–Trinajstić information content (AvgIpc) is 2.74. The molecule has 166 valence electrons. The summed E-state index contributed by atoms with van der Waals surface area (Å²) in [6.07, 6.45) is 0. The Morgan fingerprint density at radius 3 is 1.66 bits per heavy atom. The SMILES string of the molecule is CC(=O)c1ccc(S(=O)(=O)Nc2ccc(C(=O)Nc3ccc(S(N)(=O)=O)cc3)cc2)cc1. The molecule has 0 unspecified atom stereocenters. The van der Waals surface area contributed by atoms with Crippen molar-refractivity contribution in [2.45, 2.75) is 16.7 Å². The molecule has 1 amide bonds. The van der Waals surface area contributed by atoms with Gasteiger partial charge in [-0.05, 0) is 67.6 Å². The van der Waals surface area contributed by atoms with Crippen molar-refractivity contribution in [3.8, 4) is 0 Å². The van der Waals surface area contributed by atoms with Gasteiger partial charge < -0.3 is 5.32 Å². The number of rotatable bonds is 7. The molecule has 0 saturated heterocycles. The number of nitrogens with one attached hydrogen (secondary N) is 2. The van der Waals surface area contributed by atoms with Crippen molar-refractivity contribution in [1.82, 2.24) is 0 Å². The molecular weight excluding hydrogens is 454 g/mol. The van der Waals surface area contributed by atoms with Crippen molar-refractivity contribution < 1.29 is 26.4 Å². The van der Waals surface area contributed by atoms with Gasteiger partial charge in [0, 0.05) is 22.5 Å². The highest BCUT2D eigenvalue weighted by Crippen LogP contribution is 2.19. The van der Waals surface area contributed by atoms with Crippen molar-refractivity contribution in [3.05, 3.63) is 83.9 Å². The molecule has 11 heteroatoms. The number of amides is 1. The van der Waals surface area contributed by atoms with Crippen molar-refractivity contribution in [3.63, 3.8) is 0 Å². The number of hydrogen-bond donors (Lipinski definition) is 3. The summed E-state index contributed by atoms with van der Waals surface area (Å²) in [7, 11) is -7.70. The fourth-order valence-corrected chi connectivity index (χ4v) is 4.28. The number of nitrogens with two attached hydrogens (primary N) is 1. The van der Waals surface area contributed by atoms with Crippen LogP contribution in [0.25, 0.3) is 0 Å². The molecule has 0 radical (unpaired) electrons. The van der Waals surface area contributed by atoms with Crippen molar-refractivity contribution in [1.29, 1.82) is 0 Å². The first-order chi connectivity index (χ1) is 15.0. The maximum absolute atomic E-state index is 12.5. The maximum atomic E-state index is 12.5. The summed E-state index contributed by atoms with van der Waals surface area (Å²) in [5.74, 6) is -0.640. The maximum Gasteiger partial charge on any atom is 0.261 e. The molecule has 0 fully saturated rings. The van der Waals surface area contributed by atoms with E-state index in [0.717, 1.165) is 0 Å². The summed E-state index contributed by atoms with van der Waals surface area (Å²) in [4.78, 5) is 23.6. The van der Waals surface area contributed by atoms with Crippen molar-refractivity contribution >= 4 is 43.1 Å². The third kappa shape index (κ3) is 5.58. The summed E-state index contributed by atoms with van der Waals surface area (Å²) in [6.45, 7) is 1.39. The third-order valence-electron chi connectivity index (χ3n) is 4.41. The highest BCUT2D eigenvalue weighted by molar-refractivity contribution is 7.92. The molecule has 3 aromatic carbocycles. The van der Waals surface area contributed by atoms with E-state index in [0.29, 0.717) is 11.3 Å². The summed E-state index contributed by atoms with van der Waals surface area (Å²) in [6, 6.07) is 16.6. The van der Waals surface area contributed by atoms with Crippen LogP contribution in [0.1, 0.15) is 27.6 Å². The standard InChI is InChI=1S/C21H19N3O6S2/c1-14(25)15-4-10-20(11-5-15)32(29,30)24-18-6-2-16(3-7-18)21(26)23-17-8-12-19(13-9-17)31(22,27)28/h2-13,24H,1H3,(H,23,26)(H2,22,27,28). The number of ketones is 1. The molecule has 9 nitrogen and oxygen atoms in total. The van der Waals surface area contributed by atoms with E-state index in [-0.39, 0.29) is 26.8 Å². The van der Waals surface area contributed by atoms with Gasteiger partial charge >= 0.3 is 0 Å². The van der Waals surface area contributed by atoms with Gasteiger partial charge in [0.15, 0.2) is 5.78 Å². The zero-order valence-electron chi connectivity index (χ0n) is 16.8. The van der Waals surface area contributed by atoms with Crippen LogP contribution in [0.5, 0.6) is 0 Å². The molecule has 0 aliphatic heterocycles. The number of sulfonamides is 2. The predicted molar refractivity (Wildman–Crippen MR) is 119 cm³/mol. The lowest BCUT2D eigenvalue weighted by molar-refractivity contribution is 0.101. The fourth-order valence-electron chi connectivity index (χ4n) is 2.70. The number of primary sulfonamides is 1. The van der Waals surface area contributed by atoms with Gasteiger partial charge in [0.2, 0.25) is 10.0 Å². The van der Waals surface area contributed by atoms with E-state index in [9.17, 15) is 26.4 Å². The number of hydrogen-bond acceptors (Lipinski definition) is 6. The first-order valence-electron chi connectivity index (χ1n) is 9.14. The topological polar surface area (TPSA) is 152 Å². The molecule has 4 N–H and O–H groups in total. The minimum Gasteiger partial charge on any atom is -0.322 e. The van der Waals surface area contributed by atoms with Crippen LogP contribution in [0.2, 0.25) is 0 Å². The number of carbonyl (C=O) groups excluding carboxylic acids is 2. The Hall–Kier alpha value is -3.54. The van der Waals surface area contributed by atoms with Gasteiger partial charge in [-0.1, -0.05) is 12.1 Å². The Labute approximate surface area is 185 Å². The zero-order valence-corrected chi connectivity index (χ0v) is 18.4. The van der Waals surface area contributed by atoms with Crippen LogP contribution in [0.3, 0.4) is 0 Å². The Kier molecular flexibility index (Phi) is 6.44. The van der Waals surface area contributed by atoms with E-state index in [1.54, 1.807) is 0 Å². The molecule has 32 heavy (non-hydrogen) atoms. The average molecular weight is 474 g/mol. The normalized spacial score (nSPS) is 11.6. The van der Waals surface area contributed by atoms with Crippen LogP contribution in [0, 0.1) is 0 Å². The molecule has 0 aliphatic carbocycles. The molecule has 0 aromatic heterocycles. The molecule has 0 atom stereocenters. The van der Waals surface area contributed by atoms with Crippen molar-refractivity contribution in [2.75, 3.05) is 10.0 Å². The van der Waals surface area contributed by atoms with Gasteiger partial charge in [-0.25, -0.2) is 22.0 Å². The monoisotopic (exact) mass is 473 g/mol. The molecule has 3 aromatic rings. The first-order valence-corrected chi connectivity index (χ1v) is 12.2. The highest BCUT2D eigenvalue weighted by Gasteiger charge is 2.15. The Morgan fingerprint density at radius 2 is 1.16 bits per heavy atom. The van der Waals surface area contributed by atoms with Gasteiger partial charge in [0.25, 0.3) is 15.9 Å². The van der Waals surface area contributed by atoms with Crippen LogP contribution in [-0.2, 0) is 20.0 Å².